The molecule has 0 aromatic heterocycles. The molecule has 27 heavy (non-hydrogen) atoms. The van der Waals surface area contributed by atoms with Gasteiger partial charge in [-0.1, -0.05) is 0 Å². The molecule has 9 heteroatoms. The minimum atomic E-state index is -1.86. The third-order valence-electron chi connectivity index (χ3n) is 4.87. The Morgan fingerprint density at radius 1 is 1.26 bits per heavy atom. The number of hydrazine groups is 1. The Morgan fingerprint density at radius 3 is 2.41 bits per heavy atom. The number of carbonyl (C=O) groups excluding carboxylic acids is 3. The first-order valence-electron chi connectivity index (χ1n) is 8.93. The minimum absolute atomic E-state index is 0.0143. The smallest absolute Gasteiger partial charge is 0.426 e. The van der Waals surface area contributed by atoms with E-state index in [1.54, 1.807) is 27.7 Å². The fourth-order valence-electron chi connectivity index (χ4n) is 3.95. The summed E-state index contributed by atoms with van der Waals surface area (Å²) in [4.78, 5) is 37.7. The van der Waals surface area contributed by atoms with E-state index < -0.39 is 34.8 Å². The highest BCUT2D eigenvalue weighted by molar-refractivity contribution is 6.01. The molecule has 1 amide bonds. The van der Waals surface area contributed by atoms with E-state index >= 15 is 0 Å². The molecular formula is C18H28N2O7. The van der Waals surface area contributed by atoms with Gasteiger partial charge in [-0.3, -0.25) is 9.80 Å². The van der Waals surface area contributed by atoms with Crippen LogP contribution in [0.15, 0.2) is 11.3 Å². The summed E-state index contributed by atoms with van der Waals surface area (Å²) >= 11 is 0. The molecule has 0 spiro atoms. The SMILES string of the molecule is CCOC(=O)[C@]12CCC[C@@]1(O)N(NC(=O)OC(C)(C)C)C(C)=C2C(=O)OC. The van der Waals surface area contributed by atoms with Crippen molar-refractivity contribution in [1.82, 2.24) is 10.4 Å². The monoisotopic (exact) mass is 384 g/mol. The summed E-state index contributed by atoms with van der Waals surface area (Å²) in [5.74, 6) is -1.48. The number of rotatable bonds is 4. The highest BCUT2D eigenvalue weighted by Crippen LogP contribution is 2.59. The molecule has 9 nitrogen and oxygen atoms in total. The lowest BCUT2D eigenvalue weighted by atomic mass is 9.75. The first-order chi connectivity index (χ1) is 12.4. The molecule has 152 valence electrons. The third kappa shape index (κ3) is 3.24. The van der Waals surface area contributed by atoms with Crippen molar-refractivity contribution in [2.24, 2.45) is 5.41 Å². The van der Waals surface area contributed by atoms with Gasteiger partial charge in [0.1, 0.15) is 5.60 Å². The molecule has 0 bridgehead atoms. The van der Waals surface area contributed by atoms with Gasteiger partial charge in [0.25, 0.3) is 0 Å². The maximum Gasteiger partial charge on any atom is 0.426 e. The number of nitrogens with one attached hydrogen (secondary N) is 1. The van der Waals surface area contributed by atoms with E-state index in [4.69, 9.17) is 14.2 Å². The van der Waals surface area contributed by atoms with Gasteiger partial charge in [-0.05, 0) is 53.9 Å². The maximum atomic E-state index is 12.9. The number of hydrogen-bond donors (Lipinski definition) is 2. The van der Waals surface area contributed by atoms with Crippen LogP contribution in [0.25, 0.3) is 0 Å². The molecular weight excluding hydrogens is 356 g/mol. The molecule has 1 aliphatic carbocycles. The van der Waals surface area contributed by atoms with Crippen molar-refractivity contribution in [3.63, 3.8) is 0 Å². The Kier molecular flexibility index (Phi) is 5.47. The van der Waals surface area contributed by atoms with Gasteiger partial charge in [0.2, 0.25) is 0 Å². The Balaban J connectivity index is 2.53. The first-order valence-corrected chi connectivity index (χ1v) is 8.93. The van der Waals surface area contributed by atoms with E-state index in [1.807, 2.05) is 0 Å². The Hall–Kier alpha value is -2.29. The van der Waals surface area contributed by atoms with Crippen molar-refractivity contribution in [3.8, 4) is 0 Å². The number of esters is 2. The van der Waals surface area contributed by atoms with Gasteiger partial charge in [-0.2, -0.15) is 0 Å². The fraction of sp³-hybridized carbons (Fsp3) is 0.722. The van der Waals surface area contributed by atoms with Crippen molar-refractivity contribution >= 4 is 18.0 Å². The Morgan fingerprint density at radius 2 is 1.89 bits per heavy atom. The molecule has 1 saturated carbocycles. The van der Waals surface area contributed by atoms with Gasteiger partial charge < -0.3 is 19.3 Å². The zero-order valence-electron chi connectivity index (χ0n) is 16.7. The van der Waals surface area contributed by atoms with Crippen LogP contribution in [0.1, 0.15) is 53.9 Å². The molecule has 0 unspecified atom stereocenters. The minimum Gasteiger partial charge on any atom is -0.466 e. The van der Waals surface area contributed by atoms with Gasteiger partial charge in [-0.25, -0.2) is 15.0 Å². The average molecular weight is 384 g/mol. The van der Waals surface area contributed by atoms with Gasteiger partial charge in [0, 0.05) is 5.70 Å². The summed E-state index contributed by atoms with van der Waals surface area (Å²) in [5.41, 5.74) is -1.59. The van der Waals surface area contributed by atoms with Crippen LogP contribution < -0.4 is 5.43 Å². The molecule has 0 saturated heterocycles. The summed E-state index contributed by atoms with van der Waals surface area (Å²) in [6.45, 7) is 8.36. The van der Waals surface area contributed by atoms with Crippen molar-refractivity contribution in [2.45, 2.75) is 65.2 Å². The van der Waals surface area contributed by atoms with Crippen LogP contribution in [0.2, 0.25) is 0 Å². The molecule has 1 aliphatic heterocycles. The van der Waals surface area contributed by atoms with Crippen LogP contribution in [-0.2, 0) is 23.8 Å². The van der Waals surface area contributed by atoms with Crippen molar-refractivity contribution < 1.29 is 33.7 Å². The van der Waals surface area contributed by atoms with Crippen molar-refractivity contribution in [1.29, 1.82) is 0 Å². The number of amides is 1. The summed E-state index contributed by atoms with van der Waals surface area (Å²) in [6, 6.07) is 0. The van der Waals surface area contributed by atoms with Gasteiger partial charge >= 0.3 is 18.0 Å². The second kappa shape index (κ2) is 7.03. The first kappa shape index (κ1) is 21.0. The number of allylic oxidation sites excluding steroid dienone is 1. The van der Waals surface area contributed by atoms with Crippen LogP contribution in [0.3, 0.4) is 0 Å². The Labute approximate surface area is 158 Å². The lowest BCUT2D eigenvalue weighted by molar-refractivity contribution is -0.188. The van der Waals surface area contributed by atoms with E-state index in [1.165, 1.54) is 14.0 Å². The number of hydrogen-bond acceptors (Lipinski definition) is 8. The van der Waals surface area contributed by atoms with Crippen LogP contribution in [-0.4, -0.2) is 53.2 Å². The summed E-state index contributed by atoms with van der Waals surface area (Å²) in [5, 5.41) is 12.6. The quantitative estimate of drug-likeness (QED) is 0.555. The number of fused-ring (bicyclic) bond motifs is 1. The van der Waals surface area contributed by atoms with E-state index in [0.29, 0.717) is 6.42 Å². The van der Waals surface area contributed by atoms with Gasteiger partial charge in [-0.15, -0.1) is 0 Å². The normalized spacial score (nSPS) is 27.3. The van der Waals surface area contributed by atoms with E-state index in [-0.39, 0.29) is 30.7 Å². The van der Waals surface area contributed by atoms with Gasteiger partial charge in [0.15, 0.2) is 11.1 Å². The maximum absolute atomic E-state index is 12.9. The molecule has 0 aromatic carbocycles. The third-order valence-corrected chi connectivity index (χ3v) is 4.87. The standard InChI is InChI=1S/C18H28N2O7/c1-7-26-14(22)17-9-8-10-18(17,24)20(11(2)12(17)13(21)25-6)19-15(23)27-16(3,4)5/h24H,7-10H2,1-6H3,(H,19,23)/t17-,18+/m1/s1. The predicted octanol–water partition coefficient (Wildman–Crippen LogP) is 1.61. The number of aliphatic hydroxyl groups is 1. The number of ether oxygens (including phenoxy) is 3. The summed E-state index contributed by atoms with van der Waals surface area (Å²) in [7, 11) is 1.19. The lowest BCUT2D eigenvalue weighted by Crippen LogP contribution is -2.61. The second-order valence-corrected chi connectivity index (χ2v) is 7.70. The predicted molar refractivity (Wildman–Crippen MR) is 93.8 cm³/mol. The molecule has 1 heterocycles. The van der Waals surface area contributed by atoms with Gasteiger partial charge in [0.05, 0.1) is 19.3 Å². The van der Waals surface area contributed by atoms with Crippen LogP contribution in [0.5, 0.6) is 0 Å². The topological polar surface area (TPSA) is 114 Å². The average Bonchev–Trinajstić information content (AvgIpc) is 2.97. The second-order valence-electron chi connectivity index (χ2n) is 7.70. The number of carbonyl (C=O) groups is 3. The molecule has 0 aromatic rings. The van der Waals surface area contributed by atoms with Crippen molar-refractivity contribution in [2.75, 3.05) is 13.7 Å². The zero-order chi connectivity index (χ0) is 20.6. The highest BCUT2D eigenvalue weighted by Gasteiger charge is 2.72. The van der Waals surface area contributed by atoms with Crippen LogP contribution in [0, 0.1) is 5.41 Å². The van der Waals surface area contributed by atoms with E-state index in [0.717, 1.165) is 5.01 Å². The molecule has 2 aliphatic rings. The summed E-state index contributed by atoms with van der Waals surface area (Å²) in [6.07, 6.45) is -0.0166. The highest BCUT2D eigenvalue weighted by atomic mass is 16.6. The molecule has 1 fully saturated rings. The van der Waals surface area contributed by atoms with Crippen LogP contribution >= 0.6 is 0 Å². The van der Waals surface area contributed by atoms with Crippen LogP contribution in [0.4, 0.5) is 4.79 Å². The Bertz CT molecular complexity index is 682. The number of nitrogens with zero attached hydrogens (tertiary/aromatic N) is 1. The van der Waals surface area contributed by atoms with Crippen molar-refractivity contribution in [3.05, 3.63) is 11.3 Å². The largest absolute Gasteiger partial charge is 0.466 e. The lowest BCUT2D eigenvalue weighted by Gasteiger charge is -2.41. The summed E-state index contributed by atoms with van der Waals surface area (Å²) < 4.78 is 15.3. The molecule has 2 rings (SSSR count). The fourth-order valence-corrected chi connectivity index (χ4v) is 3.95. The molecule has 2 N–H and O–H groups in total. The zero-order valence-corrected chi connectivity index (χ0v) is 16.7. The number of methoxy groups -OCH3 is 1. The van der Waals surface area contributed by atoms with E-state index in [2.05, 4.69) is 5.43 Å². The molecule has 2 atom stereocenters. The van der Waals surface area contributed by atoms with E-state index in [9.17, 15) is 19.5 Å². The molecule has 0 radical (unpaired) electrons.